The van der Waals surface area contributed by atoms with Gasteiger partial charge in [-0.2, -0.15) is 5.10 Å². The zero-order valence-electron chi connectivity index (χ0n) is 11.9. The highest BCUT2D eigenvalue weighted by molar-refractivity contribution is 5.99. The van der Waals surface area contributed by atoms with Crippen molar-refractivity contribution in [3.05, 3.63) is 53.6 Å². The summed E-state index contributed by atoms with van der Waals surface area (Å²) < 4.78 is 10.6. The summed E-state index contributed by atoms with van der Waals surface area (Å²) in [4.78, 5) is 10.8. The number of carboxylic acid groups (broad SMARTS) is 1. The minimum atomic E-state index is -0.952. The Kier molecular flexibility index (Phi) is 3.65. The summed E-state index contributed by atoms with van der Waals surface area (Å²) in [6.45, 7) is 2.11. The molecule has 22 heavy (non-hydrogen) atoms. The number of carbonyl (C=O) groups is 1. The lowest BCUT2D eigenvalue weighted by molar-refractivity contribution is 0.0697. The van der Waals surface area contributed by atoms with Crippen molar-refractivity contribution in [2.45, 2.75) is 6.92 Å². The smallest absolute Gasteiger partial charge is 0.335 e. The zero-order chi connectivity index (χ0) is 15.5. The van der Waals surface area contributed by atoms with Crippen molar-refractivity contribution in [1.29, 1.82) is 0 Å². The summed E-state index contributed by atoms with van der Waals surface area (Å²) >= 11 is 0. The molecule has 112 valence electrons. The van der Waals surface area contributed by atoms with Gasteiger partial charge in [0.1, 0.15) is 0 Å². The second-order valence-electron chi connectivity index (χ2n) is 4.76. The number of nitrogens with one attached hydrogen (secondary N) is 1. The van der Waals surface area contributed by atoms with Gasteiger partial charge in [-0.05, 0) is 49.4 Å². The fourth-order valence-corrected chi connectivity index (χ4v) is 2.02. The van der Waals surface area contributed by atoms with Crippen LogP contribution in [0.25, 0.3) is 0 Å². The van der Waals surface area contributed by atoms with Crippen molar-refractivity contribution in [3.63, 3.8) is 0 Å². The first-order chi connectivity index (χ1) is 10.6. The molecule has 6 nitrogen and oxygen atoms in total. The van der Waals surface area contributed by atoms with Crippen LogP contribution in [-0.2, 0) is 0 Å². The van der Waals surface area contributed by atoms with E-state index in [1.807, 2.05) is 25.1 Å². The average Bonchev–Trinajstić information content (AvgIpc) is 3.00. The summed E-state index contributed by atoms with van der Waals surface area (Å²) in [5.74, 6) is 0.484. The molecule has 1 aliphatic rings. The Hall–Kier alpha value is -3.02. The molecular formula is C16H14N2O4. The minimum absolute atomic E-state index is 0.238. The number of ether oxygens (including phenoxy) is 2. The Morgan fingerprint density at radius 2 is 1.77 bits per heavy atom. The molecule has 0 unspecified atom stereocenters. The third-order valence-electron chi connectivity index (χ3n) is 3.27. The van der Waals surface area contributed by atoms with Gasteiger partial charge < -0.3 is 14.6 Å². The van der Waals surface area contributed by atoms with Gasteiger partial charge in [0.2, 0.25) is 6.79 Å². The van der Waals surface area contributed by atoms with E-state index in [0.717, 1.165) is 17.0 Å². The van der Waals surface area contributed by atoms with Gasteiger partial charge in [0.25, 0.3) is 0 Å². The van der Waals surface area contributed by atoms with Crippen LogP contribution in [0.2, 0.25) is 0 Å². The van der Waals surface area contributed by atoms with Crippen LogP contribution >= 0.6 is 0 Å². The molecule has 2 N–H and O–H groups in total. The topological polar surface area (TPSA) is 80.2 Å². The van der Waals surface area contributed by atoms with E-state index < -0.39 is 5.97 Å². The molecule has 6 heteroatoms. The van der Waals surface area contributed by atoms with Gasteiger partial charge in [-0.15, -0.1) is 0 Å². The number of hydrogen-bond acceptors (Lipinski definition) is 5. The summed E-state index contributed by atoms with van der Waals surface area (Å²) in [6, 6.07) is 12.0. The predicted molar refractivity (Wildman–Crippen MR) is 81.8 cm³/mol. The van der Waals surface area contributed by atoms with E-state index in [2.05, 4.69) is 10.5 Å². The molecule has 0 spiro atoms. The number of anilines is 1. The van der Waals surface area contributed by atoms with Gasteiger partial charge in [0, 0.05) is 5.56 Å². The Morgan fingerprint density at radius 3 is 2.50 bits per heavy atom. The largest absolute Gasteiger partial charge is 0.478 e. The van der Waals surface area contributed by atoms with Crippen LogP contribution in [0.3, 0.4) is 0 Å². The minimum Gasteiger partial charge on any atom is -0.478 e. The van der Waals surface area contributed by atoms with E-state index in [-0.39, 0.29) is 12.4 Å². The SMILES string of the molecule is CC(=NNc1ccc(C(=O)O)cc1)c1ccc2c(c1)OCO2. The molecule has 0 aliphatic carbocycles. The standard InChI is InChI=1S/C16H14N2O4/c1-10(12-4-7-14-15(8-12)22-9-21-14)17-18-13-5-2-11(3-6-13)16(19)20/h2-8,18H,9H2,1H3,(H,19,20). The second kappa shape index (κ2) is 5.77. The first kappa shape index (κ1) is 13.9. The molecule has 0 radical (unpaired) electrons. The Labute approximate surface area is 127 Å². The van der Waals surface area contributed by atoms with E-state index >= 15 is 0 Å². The maximum atomic E-state index is 10.8. The number of fused-ring (bicyclic) bond motifs is 1. The molecule has 1 aliphatic heterocycles. The van der Waals surface area contributed by atoms with Gasteiger partial charge in [0.15, 0.2) is 11.5 Å². The van der Waals surface area contributed by atoms with Crippen LogP contribution in [0.4, 0.5) is 5.69 Å². The quantitative estimate of drug-likeness (QED) is 0.670. The summed E-state index contributed by atoms with van der Waals surface area (Å²) in [7, 11) is 0. The maximum Gasteiger partial charge on any atom is 0.335 e. The third kappa shape index (κ3) is 2.85. The molecule has 2 aromatic rings. The first-order valence-electron chi connectivity index (χ1n) is 6.67. The molecule has 3 rings (SSSR count). The molecule has 0 fully saturated rings. The number of benzene rings is 2. The molecule has 0 saturated carbocycles. The molecular weight excluding hydrogens is 284 g/mol. The van der Waals surface area contributed by atoms with E-state index in [9.17, 15) is 4.79 Å². The average molecular weight is 298 g/mol. The zero-order valence-corrected chi connectivity index (χ0v) is 11.9. The highest BCUT2D eigenvalue weighted by Crippen LogP contribution is 2.32. The lowest BCUT2D eigenvalue weighted by Crippen LogP contribution is -2.00. The molecule has 1 heterocycles. The predicted octanol–water partition coefficient (Wildman–Crippen LogP) is 2.95. The van der Waals surface area contributed by atoms with E-state index in [1.54, 1.807) is 12.1 Å². The molecule has 0 atom stereocenters. The normalized spacial score (nSPS) is 13.0. The summed E-state index contributed by atoms with van der Waals surface area (Å²) in [5.41, 5.74) is 5.54. The monoisotopic (exact) mass is 298 g/mol. The third-order valence-corrected chi connectivity index (χ3v) is 3.27. The lowest BCUT2D eigenvalue weighted by Gasteiger charge is -2.05. The summed E-state index contributed by atoms with van der Waals surface area (Å²) in [6.07, 6.45) is 0. The van der Waals surface area contributed by atoms with Crippen LogP contribution < -0.4 is 14.9 Å². The number of nitrogens with zero attached hydrogens (tertiary/aromatic N) is 1. The second-order valence-corrected chi connectivity index (χ2v) is 4.76. The van der Waals surface area contributed by atoms with Crippen LogP contribution in [0.1, 0.15) is 22.8 Å². The number of aromatic carboxylic acids is 1. The fraction of sp³-hybridized carbons (Fsp3) is 0.125. The Balaban J connectivity index is 1.73. The van der Waals surface area contributed by atoms with Crippen molar-refractivity contribution in [1.82, 2.24) is 0 Å². The molecule has 0 saturated heterocycles. The van der Waals surface area contributed by atoms with Crippen molar-refractivity contribution in [2.24, 2.45) is 5.10 Å². The number of hydrazone groups is 1. The first-order valence-corrected chi connectivity index (χ1v) is 6.67. The number of rotatable bonds is 4. The van der Waals surface area contributed by atoms with Gasteiger partial charge in [-0.25, -0.2) is 4.79 Å². The van der Waals surface area contributed by atoms with Crippen LogP contribution in [0.15, 0.2) is 47.6 Å². The van der Waals surface area contributed by atoms with Crippen LogP contribution in [0, 0.1) is 0 Å². The molecule has 2 aromatic carbocycles. The number of hydrogen-bond donors (Lipinski definition) is 2. The van der Waals surface area contributed by atoms with E-state index in [1.165, 1.54) is 12.1 Å². The van der Waals surface area contributed by atoms with Crippen molar-refractivity contribution < 1.29 is 19.4 Å². The van der Waals surface area contributed by atoms with Crippen molar-refractivity contribution >= 4 is 17.4 Å². The molecule has 0 bridgehead atoms. The van der Waals surface area contributed by atoms with Gasteiger partial charge in [0.05, 0.1) is 17.0 Å². The lowest BCUT2D eigenvalue weighted by atomic mass is 10.1. The van der Waals surface area contributed by atoms with E-state index in [4.69, 9.17) is 14.6 Å². The Bertz CT molecular complexity index is 738. The van der Waals surface area contributed by atoms with Crippen LogP contribution in [-0.4, -0.2) is 23.6 Å². The number of carboxylic acids is 1. The van der Waals surface area contributed by atoms with E-state index in [0.29, 0.717) is 11.4 Å². The highest BCUT2D eigenvalue weighted by atomic mass is 16.7. The van der Waals surface area contributed by atoms with Gasteiger partial charge >= 0.3 is 5.97 Å². The molecule has 0 aromatic heterocycles. The van der Waals surface area contributed by atoms with Gasteiger partial charge in [-0.1, -0.05) is 0 Å². The van der Waals surface area contributed by atoms with Crippen molar-refractivity contribution in [2.75, 3.05) is 12.2 Å². The van der Waals surface area contributed by atoms with Crippen molar-refractivity contribution in [3.8, 4) is 11.5 Å². The maximum absolute atomic E-state index is 10.8. The fourth-order valence-electron chi connectivity index (χ4n) is 2.02. The van der Waals surface area contributed by atoms with Crippen LogP contribution in [0.5, 0.6) is 11.5 Å². The van der Waals surface area contributed by atoms with Gasteiger partial charge in [-0.3, -0.25) is 5.43 Å². The highest BCUT2D eigenvalue weighted by Gasteiger charge is 2.13. The molecule has 0 amide bonds. The summed E-state index contributed by atoms with van der Waals surface area (Å²) in [5, 5.41) is 13.1. The Morgan fingerprint density at radius 1 is 1.09 bits per heavy atom.